The minimum Gasteiger partial charge on any atom is -0.366 e. The van der Waals surface area contributed by atoms with Crippen LogP contribution in [0.25, 0.3) is 0 Å². The highest BCUT2D eigenvalue weighted by Gasteiger charge is 2.15. The Labute approximate surface area is 116 Å². The molecule has 0 aromatic carbocycles. The Morgan fingerprint density at radius 1 is 1.26 bits per heavy atom. The molecule has 0 radical (unpaired) electrons. The van der Waals surface area contributed by atoms with Gasteiger partial charge in [-0.05, 0) is 33.9 Å². The molecule has 0 aliphatic heterocycles. The second-order valence-corrected chi connectivity index (χ2v) is 5.51. The predicted octanol–water partition coefficient (Wildman–Crippen LogP) is 2.21. The molecule has 1 aromatic rings. The molecule has 1 atom stereocenters. The van der Waals surface area contributed by atoms with E-state index >= 15 is 0 Å². The van der Waals surface area contributed by atoms with Crippen LogP contribution in [-0.2, 0) is 0 Å². The number of aryl methyl sites for hydroxylation is 1. The van der Waals surface area contributed by atoms with Crippen LogP contribution >= 0.6 is 0 Å². The van der Waals surface area contributed by atoms with Gasteiger partial charge in [-0.3, -0.25) is 0 Å². The summed E-state index contributed by atoms with van der Waals surface area (Å²) in [6, 6.07) is 2.37. The summed E-state index contributed by atoms with van der Waals surface area (Å²) in [5, 5.41) is 6.68. The van der Waals surface area contributed by atoms with E-state index in [-0.39, 0.29) is 0 Å². The van der Waals surface area contributed by atoms with Gasteiger partial charge in [0, 0.05) is 30.9 Å². The fourth-order valence-electron chi connectivity index (χ4n) is 1.89. The third-order valence-electron chi connectivity index (χ3n) is 2.89. The van der Waals surface area contributed by atoms with Gasteiger partial charge in [0.25, 0.3) is 0 Å². The van der Waals surface area contributed by atoms with Gasteiger partial charge in [0.2, 0.25) is 5.95 Å². The molecule has 0 aliphatic carbocycles. The lowest BCUT2D eigenvalue weighted by atomic mass is 10.0. The summed E-state index contributed by atoms with van der Waals surface area (Å²) in [7, 11) is 4.18. The van der Waals surface area contributed by atoms with Crippen LogP contribution in [0.4, 0.5) is 11.8 Å². The predicted molar refractivity (Wildman–Crippen MR) is 81.7 cm³/mol. The quantitative estimate of drug-likeness (QED) is 0.791. The molecule has 2 N–H and O–H groups in total. The molecule has 0 fully saturated rings. The smallest absolute Gasteiger partial charge is 0.224 e. The second kappa shape index (κ2) is 7.28. The zero-order valence-electron chi connectivity index (χ0n) is 13.0. The highest BCUT2D eigenvalue weighted by atomic mass is 15.2. The number of anilines is 2. The molecule has 1 heterocycles. The number of nitrogens with one attached hydrogen (secondary N) is 2. The lowest BCUT2D eigenvalue weighted by Gasteiger charge is -2.26. The number of likely N-dealkylation sites (N-methyl/N-ethyl adjacent to an activating group) is 1. The fourth-order valence-corrected chi connectivity index (χ4v) is 1.89. The molecule has 1 aromatic heterocycles. The summed E-state index contributed by atoms with van der Waals surface area (Å²) in [5.74, 6) is 2.13. The average molecular weight is 265 g/mol. The first kappa shape index (κ1) is 15.7. The fraction of sp³-hybridized carbons (Fsp3) is 0.714. The summed E-state index contributed by atoms with van der Waals surface area (Å²) in [4.78, 5) is 11.1. The van der Waals surface area contributed by atoms with Crippen molar-refractivity contribution in [1.29, 1.82) is 0 Å². The van der Waals surface area contributed by atoms with Crippen molar-refractivity contribution in [3.63, 3.8) is 0 Å². The molecule has 1 unspecified atom stereocenters. The molecule has 108 valence electrons. The van der Waals surface area contributed by atoms with Gasteiger partial charge >= 0.3 is 0 Å². The molecule has 0 saturated carbocycles. The van der Waals surface area contributed by atoms with E-state index in [4.69, 9.17) is 0 Å². The standard InChI is InChI=1S/C14H27N5/c1-7-15-14-16-11(4)8-13(18-14)17-12(10(2)3)9-19(5)6/h8,10,12H,7,9H2,1-6H3,(H2,15,16,17,18). The molecule has 1 rings (SSSR count). The van der Waals surface area contributed by atoms with Crippen molar-refractivity contribution in [3.8, 4) is 0 Å². The Kier molecular flexibility index (Phi) is 6.02. The molecule has 0 aliphatic rings. The van der Waals surface area contributed by atoms with Crippen molar-refractivity contribution < 1.29 is 0 Å². The van der Waals surface area contributed by atoms with E-state index in [1.807, 2.05) is 19.9 Å². The van der Waals surface area contributed by atoms with Crippen molar-refractivity contribution in [2.75, 3.05) is 37.8 Å². The zero-order chi connectivity index (χ0) is 14.4. The van der Waals surface area contributed by atoms with Crippen LogP contribution in [0.1, 0.15) is 26.5 Å². The third-order valence-corrected chi connectivity index (χ3v) is 2.89. The molecular formula is C14H27N5. The van der Waals surface area contributed by atoms with E-state index in [0.29, 0.717) is 17.9 Å². The Bertz CT molecular complexity index is 389. The minimum absolute atomic E-state index is 0.374. The largest absolute Gasteiger partial charge is 0.366 e. The lowest BCUT2D eigenvalue weighted by molar-refractivity contribution is 0.344. The Hall–Kier alpha value is -1.36. The molecule has 0 saturated heterocycles. The summed E-state index contributed by atoms with van der Waals surface area (Å²) < 4.78 is 0. The first-order valence-electron chi connectivity index (χ1n) is 6.93. The monoisotopic (exact) mass is 265 g/mol. The topological polar surface area (TPSA) is 53.1 Å². The molecular weight excluding hydrogens is 238 g/mol. The van der Waals surface area contributed by atoms with E-state index in [2.05, 4.69) is 53.4 Å². The second-order valence-electron chi connectivity index (χ2n) is 5.51. The van der Waals surface area contributed by atoms with E-state index in [0.717, 1.165) is 24.6 Å². The van der Waals surface area contributed by atoms with Gasteiger partial charge in [0.15, 0.2) is 0 Å². The van der Waals surface area contributed by atoms with Gasteiger partial charge in [-0.25, -0.2) is 4.98 Å². The number of hydrogen-bond donors (Lipinski definition) is 2. The van der Waals surface area contributed by atoms with Crippen LogP contribution in [-0.4, -0.2) is 48.1 Å². The molecule has 19 heavy (non-hydrogen) atoms. The Morgan fingerprint density at radius 3 is 2.47 bits per heavy atom. The van der Waals surface area contributed by atoms with Crippen LogP contribution in [0.15, 0.2) is 6.07 Å². The third kappa shape index (κ3) is 5.42. The zero-order valence-corrected chi connectivity index (χ0v) is 13.0. The normalized spacial score (nSPS) is 12.8. The van der Waals surface area contributed by atoms with E-state index in [1.54, 1.807) is 0 Å². The number of hydrogen-bond acceptors (Lipinski definition) is 5. The van der Waals surface area contributed by atoms with E-state index in [1.165, 1.54) is 0 Å². The van der Waals surface area contributed by atoms with Gasteiger partial charge in [0.05, 0.1) is 0 Å². The van der Waals surface area contributed by atoms with Gasteiger partial charge in [-0.1, -0.05) is 13.8 Å². The summed E-state index contributed by atoms with van der Waals surface area (Å²) in [6.07, 6.45) is 0. The maximum Gasteiger partial charge on any atom is 0.224 e. The molecule has 0 spiro atoms. The maximum absolute atomic E-state index is 4.50. The number of rotatable bonds is 7. The van der Waals surface area contributed by atoms with E-state index in [9.17, 15) is 0 Å². The molecule has 5 nitrogen and oxygen atoms in total. The number of aromatic nitrogens is 2. The molecule has 0 bridgehead atoms. The highest BCUT2D eigenvalue weighted by molar-refractivity contribution is 5.43. The van der Waals surface area contributed by atoms with Gasteiger partial charge in [-0.2, -0.15) is 4.98 Å². The number of nitrogens with zero attached hydrogens (tertiary/aromatic N) is 3. The van der Waals surface area contributed by atoms with Crippen molar-refractivity contribution in [2.45, 2.75) is 33.7 Å². The summed E-state index contributed by atoms with van der Waals surface area (Å²) in [6.45, 7) is 10.3. The average Bonchev–Trinajstić information content (AvgIpc) is 2.27. The van der Waals surface area contributed by atoms with Gasteiger partial charge < -0.3 is 15.5 Å². The van der Waals surface area contributed by atoms with Crippen molar-refractivity contribution >= 4 is 11.8 Å². The Balaban J connectivity index is 2.83. The van der Waals surface area contributed by atoms with Crippen LogP contribution in [0.5, 0.6) is 0 Å². The Morgan fingerprint density at radius 2 is 1.95 bits per heavy atom. The lowest BCUT2D eigenvalue weighted by Crippen LogP contribution is -2.36. The minimum atomic E-state index is 0.374. The van der Waals surface area contributed by atoms with Crippen LogP contribution in [0, 0.1) is 12.8 Å². The van der Waals surface area contributed by atoms with Crippen LogP contribution in [0.2, 0.25) is 0 Å². The van der Waals surface area contributed by atoms with Crippen molar-refractivity contribution in [2.24, 2.45) is 5.92 Å². The van der Waals surface area contributed by atoms with Crippen LogP contribution < -0.4 is 10.6 Å². The highest BCUT2D eigenvalue weighted by Crippen LogP contribution is 2.14. The molecule has 0 amide bonds. The van der Waals surface area contributed by atoms with E-state index < -0.39 is 0 Å². The maximum atomic E-state index is 4.50. The van der Waals surface area contributed by atoms with Crippen LogP contribution in [0.3, 0.4) is 0 Å². The van der Waals surface area contributed by atoms with Crippen molar-refractivity contribution in [1.82, 2.24) is 14.9 Å². The molecule has 5 heteroatoms. The first-order valence-corrected chi connectivity index (χ1v) is 6.93. The van der Waals surface area contributed by atoms with Gasteiger partial charge in [0.1, 0.15) is 5.82 Å². The summed E-state index contributed by atoms with van der Waals surface area (Å²) in [5.41, 5.74) is 0.973. The van der Waals surface area contributed by atoms with Crippen molar-refractivity contribution in [3.05, 3.63) is 11.8 Å². The van der Waals surface area contributed by atoms with Gasteiger partial charge in [-0.15, -0.1) is 0 Å². The summed E-state index contributed by atoms with van der Waals surface area (Å²) >= 11 is 0. The SMILES string of the molecule is CCNc1nc(C)cc(NC(CN(C)C)C(C)C)n1. The first-order chi connectivity index (χ1) is 8.92.